The van der Waals surface area contributed by atoms with Crippen LogP contribution in [0.25, 0.3) is 0 Å². The van der Waals surface area contributed by atoms with Gasteiger partial charge in [-0.1, -0.05) is 6.92 Å². The maximum atomic E-state index is 11.7. The van der Waals surface area contributed by atoms with Crippen LogP contribution in [0.3, 0.4) is 0 Å². The topological polar surface area (TPSA) is 52.7 Å². The number of hydrogen-bond acceptors (Lipinski definition) is 3. The van der Waals surface area contributed by atoms with Crippen molar-refractivity contribution in [1.29, 1.82) is 0 Å². The van der Waals surface area contributed by atoms with Crippen LogP contribution in [0.5, 0.6) is 0 Å². The van der Waals surface area contributed by atoms with Crippen LogP contribution in [0, 0.1) is 0 Å². The summed E-state index contributed by atoms with van der Waals surface area (Å²) in [6.07, 6.45) is 0.948. The second-order valence-electron chi connectivity index (χ2n) is 4.66. The molecule has 0 aliphatic carbocycles. The van der Waals surface area contributed by atoms with Crippen molar-refractivity contribution in [2.24, 2.45) is 0 Å². The number of rotatable bonds is 4. The van der Waals surface area contributed by atoms with Crippen LogP contribution >= 0.6 is 0 Å². The van der Waals surface area contributed by atoms with Crippen LogP contribution in [-0.2, 0) is 9.59 Å². The van der Waals surface area contributed by atoms with E-state index >= 15 is 0 Å². The third-order valence-electron chi connectivity index (χ3n) is 3.20. The van der Waals surface area contributed by atoms with E-state index in [0.717, 1.165) is 32.6 Å². The average molecular weight is 241 g/mol. The molecule has 0 radical (unpaired) electrons. The summed E-state index contributed by atoms with van der Waals surface area (Å²) in [7, 11) is 0. The first-order valence-corrected chi connectivity index (χ1v) is 6.30. The largest absolute Gasteiger partial charge is 0.353 e. The second kappa shape index (κ2) is 6.59. The number of carbonyl (C=O) groups is 2. The second-order valence-corrected chi connectivity index (χ2v) is 4.66. The first-order chi connectivity index (χ1) is 8.02. The lowest BCUT2D eigenvalue weighted by Gasteiger charge is -2.33. The average Bonchev–Trinajstić information content (AvgIpc) is 2.29. The quantitative estimate of drug-likeness (QED) is 0.757. The first-order valence-electron chi connectivity index (χ1n) is 6.30. The van der Waals surface area contributed by atoms with E-state index in [1.54, 1.807) is 6.92 Å². The Morgan fingerprint density at radius 1 is 1.24 bits per heavy atom. The number of piperazine rings is 1. The highest BCUT2D eigenvalue weighted by Gasteiger charge is 2.20. The Morgan fingerprint density at radius 2 is 1.82 bits per heavy atom. The molecule has 0 aromatic rings. The minimum absolute atomic E-state index is 0.0793. The zero-order chi connectivity index (χ0) is 12.8. The normalized spacial score (nSPS) is 18.9. The molecule has 1 saturated heterocycles. The fourth-order valence-corrected chi connectivity index (χ4v) is 1.85. The highest BCUT2D eigenvalue weighted by Crippen LogP contribution is 2.01. The number of amides is 2. The van der Waals surface area contributed by atoms with Gasteiger partial charge >= 0.3 is 0 Å². The van der Waals surface area contributed by atoms with Crippen molar-refractivity contribution in [3.8, 4) is 0 Å². The van der Waals surface area contributed by atoms with Crippen LogP contribution in [-0.4, -0.2) is 60.4 Å². The predicted molar refractivity (Wildman–Crippen MR) is 66.6 cm³/mol. The van der Waals surface area contributed by atoms with Gasteiger partial charge in [-0.2, -0.15) is 0 Å². The summed E-state index contributed by atoms with van der Waals surface area (Å²) >= 11 is 0. The van der Waals surface area contributed by atoms with Crippen molar-refractivity contribution in [2.75, 3.05) is 32.7 Å². The van der Waals surface area contributed by atoms with Gasteiger partial charge in [0.25, 0.3) is 0 Å². The van der Waals surface area contributed by atoms with E-state index in [4.69, 9.17) is 0 Å². The summed E-state index contributed by atoms with van der Waals surface area (Å²) < 4.78 is 0. The lowest BCUT2D eigenvalue weighted by atomic mass is 10.2. The number of carbonyl (C=O) groups excluding carboxylic acids is 2. The van der Waals surface area contributed by atoms with E-state index in [0.29, 0.717) is 6.54 Å². The minimum Gasteiger partial charge on any atom is -0.353 e. The standard InChI is InChI=1S/C12H23N3O2/c1-4-10(2)13-12(17)9-14-5-7-15(8-6-14)11(3)16/h10H,4-9H2,1-3H3,(H,13,17). The summed E-state index contributed by atoms with van der Waals surface area (Å²) in [6.45, 7) is 9.11. The van der Waals surface area contributed by atoms with Crippen molar-refractivity contribution in [2.45, 2.75) is 33.2 Å². The third kappa shape index (κ3) is 4.73. The van der Waals surface area contributed by atoms with Gasteiger partial charge in [-0.05, 0) is 13.3 Å². The van der Waals surface area contributed by atoms with Crippen LogP contribution in [0.4, 0.5) is 0 Å². The smallest absolute Gasteiger partial charge is 0.234 e. The van der Waals surface area contributed by atoms with Gasteiger partial charge in [0, 0.05) is 39.1 Å². The van der Waals surface area contributed by atoms with E-state index in [-0.39, 0.29) is 17.9 Å². The fourth-order valence-electron chi connectivity index (χ4n) is 1.85. The molecule has 17 heavy (non-hydrogen) atoms. The Hall–Kier alpha value is -1.10. The van der Waals surface area contributed by atoms with Gasteiger partial charge in [0.2, 0.25) is 11.8 Å². The molecule has 0 aromatic heterocycles. The fraction of sp³-hybridized carbons (Fsp3) is 0.833. The number of nitrogens with one attached hydrogen (secondary N) is 1. The Kier molecular flexibility index (Phi) is 5.41. The van der Waals surface area contributed by atoms with Crippen molar-refractivity contribution >= 4 is 11.8 Å². The van der Waals surface area contributed by atoms with Crippen molar-refractivity contribution in [3.63, 3.8) is 0 Å². The Morgan fingerprint density at radius 3 is 2.29 bits per heavy atom. The molecule has 0 saturated carbocycles. The minimum atomic E-state index is 0.0793. The monoisotopic (exact) mass is 241 g/mol. The molecule has 1 rings (SSSR count). The van der Waals surface area contributed by atoms with Crippen LogP contribution in [0.15, 0.2) is 0 Å². The molecule has 98 valence electrons. The molecule has 0 aromatic carbocycles. The summed E-state index contributed by atoms with van der Waals surface area (Å²) in [6, 6.07) is 0.237. The maximum absolute atomic E-state index is 11.7. The molecule has 1 fully saturated rings. The highest BCUT2D eigenvalue weighted by atomic mass is 16.2. The summed E-state index contributed by atoms with van der Waals surface area (Å²) in [5.41, 5.74) is 0. The molecule has 5 heteroatoms. The van der Waals surface area contributed by atoms with Crippen molar-refractivity contribution < 1.29 is 9.59 Å². The van der Waals surface area contributed by atoms with Gasteiger partial charge in [0.1, 0.15) is 0 Å². The van der Waals surface area contributed by atoms with Gasteiger partial charge in [0.05, 0.1) is 6.54 Å². The Bertz CT molecular complexity index is 273. The third-order valence-corrected chi connectivity index (χ3v) is 3.20. The Labute approximate surface area is 103 Å². The molecular formula is C12H23N3O2. The maximum Gasteiger partial charge on any atom is 0.234 e. The molecule has 0 bridgehead atoms. The van der Waals surface area contributed by atoms with E-state index < -0.39 is 0 Å². The molecule has 5 nitrogen and oxygen atoms in total. The van der Waals surface area contributed by atoms with Gasteiger partial charge in [-0.15, -0.1) is 0 Å². The van der Waals surface area contributed by atoms with Crippen LogP contribution < -0.4 is 5.32 Å². The molecule has 1 atom stereocenters. The molecule has 1 N–H and O–H groups in total. The van der Waals surface area contributed by atoms with E-state index in [2.05, 4.69) is 17.1 Å². The number of nitrogens with zero attached hydrogens (tertiary/aromatic N) is 2. The first kappa shape index (κ1) is 14.0. The summed E-state index contributed by atoms with van der Waals surface area (Å²) in [5.74, 6) is 0.198. The SMILES string of the molecule is CCC(C)NC(=O)CN1CCN(C(C)=O)CC1. The predicted octanol–water partition coefficient (Wildman–Crippen LogP) is 0.0652. The summed E-state index contributed by atoms with van der Waals surface area (Å²) in [5, 5.41) is 2.95. The highest BCUT2D eigenvalue weighted by molar-refractivity contribution is 5.78. The zero-order valence-corrected chi connectivity index (χ0v) is 11.0. The van der Waals surface area contributed by atoms with E-state index in [1.165, 1.54) is 0 Å². The molecule has 1 heterocycles. The van der Waals surface area contributed by atoms with E-state index in [9.17, 15) is 9.59 Å². The van der Waals surface area contributed by atoms with Gasteiger partial charge in [-0.25, -0.2) is 0 Å². The lowest BCUT2D eigenvalue weighted by Crippen LogP contribution is -2.51. The molecule has 0 spiro atoms. The number of hydrogen-bond donors (Lipinski definition) is 1. The van der Waals surface area contributed by atoms with Gasteiger partial charge in [-0.3, -0.25) is 14.5 Å². The van der Waals surface area contributed by atoms with Gasteiger partial charge < -0.3 is 10.2 Å². The molecule has 2 amide bonds. The van der Waals surface area contributed by atoms with Crippen LogP contribution in [0.1, 0.15) is 27.2 Å². The molecular weight excluding hydrogens is 218 g/mol. The molecule has 1 aliphatic rings. The lowest BCUT2D eigenvalue weighted by molar-refractivity contribution is -0.131. The molecule has 1 unspecified atom stereocenters. The van der Waals surface area contributed by atoms with Crippen LogP contribution in [0.2, 0.25) is 0 Å². The van der Waals surface area contributed by atoms with Gasteiger partial charge in [0.15, 0.2) is 0 Å². The van der Waals surface area contributed by atoms with Crippen molar-refractivity contribution in [1.82, 2.24) is 15.1 Å². The summed E-state index contributed by atoms with van der Waals surface area (Å²) in [4.78, 5) is 26.7. The van der Waals surface area contributed by atoms with Crippen molar-refractivity contribution in [3.05, 3.63) is 0 Å². The molecule has 1 aliphatic heterocycles. The zero-order valence-electron chi connectivity index (χ0n) is 11.0. The van der Waals surface area contributed by atoms with E-state index in [1.807, 2.05) is 11.8 Å². The Balaban J connectivity index is 2.26.